The van der Waals surface area contributed by atoms with Crippen molar-refractivity contribution in [1.29, 1.82) is 0 Å². The zero-order valence-electron chi connectivity index (χ0n) is 13.4. The lowest BCUT2D eigenvalue weighted by Crippen LogP contribution is -2.38. The highest BCUT2D eigenvalue weighted by Crippen LogP contribution is 2.25. The van der Waals surface area contributed by atoms with Crippen molar-refractivity contribution in [3.05, 3.63) is 58.9 Å². The maximum atomic E-state index is 12.5. The molecule has 1 aliphatic rings. The number of hydrogen-bond acceptors (Lipinski definition) is 4. The number of carbonyl (C=O) groups is 1. The molecule has 24 heavy (non-hydrogen) atoms. The average Bonchev–Trinajstić information content (AvgIpc) is 3.23. The highest BCUT2D eigenvalue weighted by molar-refractivity contribution is 7.16. The molecule has 1 N–H and O–H groups in total. The maximum Gasteiger partial charge on any atom is 0.263 e. The fourth-order valence-corrected chi connectivity index (χ4v) is 3.92. The van der Waals surface area contributed by atoms with E-state index in [-0.39, 0.29) is 11.9 Å². The number of hydrogen-bond donors (Lipinski definition) is 1. The highest BCUT2D eigenvalue weighted by atomic mass is 32.1. The van der Waals surface area contributed by atoms with Gasteiger partial charge in [0.1, 0.15) is 9.88 Å². The van der Waals surface area contributed by atoms with Gasteiger partial charge in [-0.05, 0) is 30.4 Å². The predicted octanol–water partition coefficient (Wildman–Crippen LogP) is 2.83. The first-order chi connectivity index (χ1) is 11.7. The molecule has 1 aliphatic carbocycles. The van der Waals surface area contributed by atoms with Gasteiger partial charge in [0.15, 0.2) is 0 Å². The van der Waals surface area contributed by atoms with Gasteiger partial charge in [-0.15, -0.1) is 11.3 Å². The first kappa shape index (κ1) is 15.1. The van der Waals surface area contributed by atoms with E-state index in [1.54, 1.807) is 17.1 Å². The van der Waals surface area contributed by atoms with E-state index in [0.717, 1.165) is 29.8 Å². The van der Waals surface area contributed by atoms with Gasteiger partial charge in [0.25, 0.3) is 5.91 Å². The minimum absolute atomic E-state index is 0.0352. The molecule has 0 aliphatic heterocycles. The Morgan fingerprint density at radius 1 is 1.29 bits per heavy atom. The van der Waals surface area contributed by atoms with Gasteiger partial charge < -0.3 is 5.32 Å². The number of aryl methyl sites for hydroxylation is 2. The molecule has 4 rings (SSSR count). The van der Waals surface area contributed by atoms with E-state index in [0.29, 0.717) is 4.88 Å². The number of fused-ring (bicyclic) bond motifs is 1. The Hall–Kier alpha value is -2.47. The molecule has 6 heteroatoms. The molecule has 5 nitrogen and oxygen atoms in total. The van der Waals surface area contributed by atoms with Crippen LogP contribution in [0.4, 0.5) is 0 Å². The van der Waals surface area contributed by atoms with Gasteiger partial charge in [-0.25, -0.2) is 4.98 Å². The lowest BCUT2D eigenvalue weighted by molar-refractivity contribution is 0.0937. The number of nitrogens with zero attached hydrogens (tertiary/aromatic N) is 3. The second-order valence-corrected chi connectivity index (χ2v) is 7.14. The summed E-state index contributed by atoms with van der Waals surface area (Å²) in [6.07, 6.45) is 8.22. The van der Waals surface area contributed by atoms with E-state index >= 15 is 0 Å². The molecule has 0 unspecified atom stereocenters. The fourth-order valence-electron chi connectivity index (χ4n) is 3.12. The van der Waals surface area contributed by atoms with Crippen molar-refractivity contribution in [2.75, 3.05) is 0 Å². The summed E-state index contributed by atoms with van der Waals surface area (Å²) in [4.78, 5) is 17.5. The van der Waals surface area contributed by atoms with E-state index in [9.17, 15) is 4.79 Å². The monoisotopic (exact) mass is 338 g/mol. The van der Waals surface area contributed by atoms with E-state index in [1.165, 1.54) is 22.5 Å². The molecule has 2 aromatic heterocycles. The lowest BCUT2D eigenvalue weighted by Gasteiger charge is -2.25. The summed E-state index contributed by atoms with van der Waals surface area (Å²) >= 11 is 1.41. The first-order valence-electron chi connectivity index (χ1n) is 8.01. The third-order valence-electron chi connectivity index (χ3n) is 4.36. The maximum absolute atomic E-state index is 12.5. The summed E-state index contributed by atoms with van der Waals surface area (Å²) < 4.78 is 1.73. The summed E-state index contributed by atoms with van der Waals surface area (Å²) in [6.45, 7) is 0. The highest BCUT2D eigenvalue weighted by Gasteiger charge is 2.21. The van der Waals surface area contributed by atoms with Crippen LogP contribution in [0, 0.1) is 0 Å². The third kappa shape index (κ3) is 2.97. The van der Waals surface area contributed by atoms with Gasteiger partial charge in [0, 0.05) is 24.8 Å². The molecule has 122 valence electrons. The fraction of sp³-hybridized carbons (Fsp3) is 0.278. The number of rotatable bonds is 3. The average molecular weight is 338 g/mol. The molecule has 1 atom stereocenters. The van der Waals surface area contributed by atoms with Crippen molar-refractivity contribution in [3.8, 4) is 10.6 Å². The summed E-state index contributed by atoms with van der Waals surface area (Å²) in [6, 6.07) is 8.66. The first-order valence-corrected chi connectivity index (χ1v) is 8.83. The Morgan fingerprint density at radius 2 is 2.12 bits per heavy atom. The van der Waals surface area contributed by atoms with Crippen molar-refractivity contribution in [2.45, 2.75) is 25.3 Å². The van der Waals surface area contributed by atoms with Crippen LogP contribution < -0.4 is 5.32 Å². The van der Waals surface area contributed by atoms with Gasteiger partial charge in [-0.1, -0.05) is 24.3 Å². The van der Waals surface area contributed by atoms with Crippen molar-refractivity contribution in [3.63, 3.8) is 0 Å². The Labute approximate surface area is 144 Å². The van der Waals surface area contributed by atoms with Crippen LogP contribution in [0.25, 0.3) is 10.6 Å². The number of thiazole rings is 1. The molecule has 0 saturated carbocycles. The zero-order valence-corrected chi connectivity index (χ0v) is 14.2. The van der Waals surface area contributed by atoms with Crippen molar-refractivity contribution in [2.24, 2.45) is 7.05 Å². The molecule has 0 bridgehead atoms. The SMILES string of the molecule is Cn1cc(-c2ncc(C(=O)N[C@H]3CCc4ccccc4C3)s2)cn1. The Kier molecular flexibility index (Phi) is 3.90. The normalized spacial score (nSPS) is 16.6. The standard InChI is InChI=1S/C18H18N4OS/c1-22-11-14(9-20-22)18-19-10-16(24-18)17(23)21-15-7-6-12-4-2-3-5-13(12)8-15/h2-5,9-11,15H,6-8H2,1H3,(H,21,23)/t15-/m0/s1. The molecule has 3 aromatic rings. The molecule has 1 aromatic carbocycles. The van der Waals surface area contributed by atoms with E-state index < -0.39 is 0 Å². The van der Waals surface area contributed by atoms with E-state index in [1.807, 2.05) is 13.2 Å². The molecule has 2 heterocycles. The van der Waals surface area contributed by atoms with Crippen LogP contribution in [0.2, 0.25) is 0 Å². The molecule has 1 amide bonds. The second kappa shape index (κ2) is 6.20. The zero-order chi connectivity index (χ0) is 16.5. The largest absolute Gasteiger partial charge is 0.348 e. The van der Waals surface area contributed by atoms with Gasteiger partial charge in [0.05, 0.1) is 12.4 Å². The van der Waals surface area contributed by atoms with Crippen molar-refractivity contribution in [1.82, 2.24) is 20.1 Å². The predicted molar refractivity (Wildman–Crippen MR) is 94.0 cm³/mol. The smallest absolute Gasteiger partial charge is 0.263 e. The van der Waals surface area contributed by atoms with E-state index in [4.69, 9.17) is 0 Å². The second-order valence-electron chi connectivity index (χ2n) is 6.11. The lowest BCUT2D eigenvalue weighted by atomic mass is 9.88. The minimum atomic E-state index is -0.0352. The number of benzene rings is 1. The van der Waals surface area contributed by atoms with Crippen LogP contribution in [-0.2, 0) is 19.9 Å². The van der Waals surface area contributed by atoms with Crippen LogP contribution in [0.1, 0.15) is 27.2 Å². The summed E-state index contributed by atoms with van der Waals surface area (Å²) in [7, 11) is 1.87. The molecule has 0 saturated heterocycles. The van der Waals surface area contributed by atoms with Gasteiger partial charge in [-0.3, -0.25) is 9.48 Å². The number of aromatic nitrogens is 3. The number of nitrogens with one attached hydrogen (secondary N) is 1. The van der Waals surface area contributed by atoms with Gasteiger partial charge in [-0.2, -0.15) is 5.10 Å². The molecule has 0 spiro atoms. The molecule has 0 radical (unpaired) electrons. The summed E-state index contributed by atoms with van der Waals surface area (Å²) in [5.41, 5.74) is 3.68. The van der Waals surface area contributed by atoms with Crippen LogP contribution in [0.3, 0.4) is 0 Å². The molecular formula is C18H18N4OS. The van der Waals surface area contributed by atoms with Crippen LogP contribution in [-0.4, -0.2) is 26.7 Å². The summed E-state index contributed by atoms with van der Waals surface area (Å²) in [5.74, 6) is -0.0352. The van der Waals surface area contributed by atoms with Gasteiger partial charge in [0.2, 0.25) is 0 Å². The van der Waals surface area contributed by atoms with Crippen LogP contribution in [0.15, 0.2) is 42.9 Å². The minimum Gasteiger partial charge on any atom is -0.348 e. The topological polar surface area (TPSA) is 59.8 Å². The van der Waals surface area contributed by atoms with Crippen molar-refractivity contribution < 1.29 is 4.79 Å². The Bertz CT molecular complexity index is 883. The number of amides is 1. The van der Waals surface area contributed by atoms with E-state index in [2.05, 4.69) is 39.7 Å². The number of carbonyl (C=O) groups excluding carboxylic acids is 1. The van der Waals surface area contributed by atoms with Crippen LogP contribution >= 0.6 is 11.3 Å². The quantitative estimate of drug-likeness (QED) is 0.799. The molecular weight excluding hydrogens is 320 g/mol. The summed E-state index contributed by atoms with van der Waals surface area (Å²) in [5, 5.41) is 8.12. The molecule has 0 fully saturated rings. The van der Waals surface area contributed by atoms with Crippen LogP contribution in [0.5, 0.6) is 0 Å². The Morgan fingerprint density at radius 3 is 2.92 bits per heavy atom. The third-order valence-corrected chi connectivity index (χ3v) is 5.41. The van der Waals surface area contributed by atoms with Crippen molar-refractivity contribution >= 4 is 17.2 Å². The van der Waals surface area contributed by atoms with Gasteiger partial charge >= 0.3 is 0 Å². The Balaban J connectivity index is 1.45.